The molecule has 4 aromatic rings. The number of hydrogen-bond acceptors (Lipinski definition) is 6. The van der Waals surface area contributed by atoms with Crippen LogP contribution >= 0.6 is 12.2 Å². The first kappa shape index (κ1) is 24.0. The molecule has 0 aliphatic rings. The number of fused-ring (bicyclic) bond motifs is 1. The van der Waals surface area contributed by atoms with Crippen molar-refractivity contribution in [3.8, 4) is 22.9 Å². The zero-order valence-electron chi connectivity index (χ0n) is 19.8. The molecule has 0 spiro atoms. The van der Waals surface area contributed by atoms with Gasteiger partial charge in [0.05, 0.1) is 37.9 Å². The smallest absolute Gasteiger partial charge is 0.266 e. The zero-order chi connectivity index (χ0) is 25.1. The van der Waals surface area contributed by atoms with Gasteiger partial charge >= 0.3 is 0 Å². The average Bonchev–Trinajstić information content (AvgIpc) is 2.86. The van der Waals surface area contributed by atoms with Gasteiger partial charge in [0, 0.05) is 17.8 Å². The number of aromatic nitrogens is 2. The molecule has 0 saturated carbocycles. The highest BCUT2D eigenvalue weighted by Crippen LogP contribution is 2.39. The van der Waals surface area contributed by atoms with E-state index in [0.717, 1.165) is 5.56 Å². The number of nitrogens with zero attached hydrogens (tertiary/aromatic N) is 2. The lowest BCUT2D eigenvalue weighted by molar-refractivity contribution is -0.116. The molecule has 4 rings (SSSR count). The second-order valence-corrected chi connectivity index (χ2v) is 8.19. The van der Waals surface area contributed by atoms with Crippen LogP contribution in [0.2, 0.25) is 0 Å². The van der Waals surface area contributed by atoms with Gasteiger partial charge in [0.25, 0.3) is 5.56 Å². The van der Waals surface area contributed by atoms with Crippen LogP contribution in [0.3, 0.4) is 0 Å². The molecule has 0 aliphatic carbocycles. The number of anilines is 1. The van der Waals surface area contributed by atoms with Crippen molar-refractivity contribution in [2.45, 2.75) is 13.5 Å². The summed E-state index contributed by atoms with van der Waals surface area (Å²) in [6.45, 7) is 1.80. The van der Waals surface area contributed by atoms with E-state index in [0.29, 0.717) is 39.5 Å². The molecule has 0 saturated heterocycles. The second-order valence-electron chi connectivity index (χ2n) is 7.83. The molecule has 0 aliphatic heterocycles. The Hall–Kier alpha value is -4.11. The molecule has 35 heavy (non-hydrogen) atoms. The third-order valence-electron chi connectivity index (χ3n) is 5.56. The highest BCUT2D eigenvalue weighted by molar-refractivity contribution is 7.71. The van der Waals surface area contributed by atoms with Crippen molar-refractivity contribution in [2.24, 2.45) is 0 Å². The van der Waals surface area contributed by atoms with Crippen molar-refractivity contribution in [3.63, 3.8) is 0 Å². The maximum Gasteiger partial charge on any atom is 0.266 e. The number of rotatable bonds is 7. The van der Waals surface area contributed by atoms with Gasteiger partial charge in [-0.1, -0.05) is 29.8 Å². The van der Waals surface area contributed by atoms with E-state index >= 15 is 0 Å². The van der Waals surface area contributed by atoms with E-state index in [4.69, 9.17) is 26.4 Å². The molecule has 1 amide bonds. The fourth-order valence-corrected chi connectivity index (χ4v) is 4.29. The summed E-state index contributed by atoms with van der Waals surface area (Å²) in [5, 5.41) is 3.33. The Morgan fingerprint density at radius 1 is 0.943 bits per heavy atom. The standard InChI is InChI=1S/C26H25N3O5S/c1-16-10-11-20-19(12-16)25(31)29(18-8-6-5-7-9-18)26(35)28(20)15-23(30)27-17-13-21(32-2)24(34-4)22(14-17)33-3/h5-14H,15H2,1-4H3,(H,27,30). The molecular formula is C26H25N3O5S. The number of aryl methyl sites for hydroxylation is 1. The molecule has 3 aromatic carbocycles. The molecule has 0 unspecified atom stereocenters. The monoisotopic (exact) mass is 491 g/mol. The largest absolute Gasteiger partial charge is 0.493 e. The van der Waals surface area contributed by atoms with E-state index in [1.165, 1.54) is 25.9 Å². The molecule has 8 nitrogen and oxygen atoms in total. The van der Waals surface area contributed by atoms with Crippen molar-refractivity contribution in [1.29, 1.82) is 0 Å². The predicted molar refractivity (Wildman–Crippen MR) is 138 cm³/mol. The number of nitrogens with one attached hydrogen (secondary N) is 1. The van der Waals surface area contributed by atoms with E-state index in [2.05, 4.69) is 5.32 Å². The number of ether oxygens (including phenoxy) is 3. The number of benzene rings is 3. The van der Waals surface area contributed by atoms with E-state index in [1.54, 1.807) is 34.9 Å². The minimum Gasteiger partial charge on any atom is -0.493 e. The third kappa shape index (κ3) is 4.63. The van der Waals surface area contributed by atoms with Gasteiger partial charge in [-0.15, -0.1) is 0 Å². The van der Waals surface area contributed by atoms with Crippen LogP contribution in [-0.4, -0.2) is 36.4 Å². The van der Waals surface area contributed by atoms with Gasteiger partial charge in [0.1, 0.15) is 6.54 Å². The molecule has 0 radical (unpaired) electrons. The summed E-state index contributed by atoms with van der Waals surface area (Å²) >= 11 is 5.71. The van der Waals surface area contributed by atoms with E-state index in [-0.39, 0.29) is 22.8 Å². The van der Waals surface area contributed by atoms with Crippen LogP contribution in [0.1, 0.15) is 5.56 Å². The molecule has 1 N–H and O–H groups in total. The van der Waals surface area contributed by atoms with Crippen molar-refractivity contribution in [2.75, 3.05) is 26.6 Å². The van der Waals surface area contributed by atoms with Crippen LogP contribution in [-0.2, 0) is 11.3 Å². The Kier molecular flexibility index (Phi) is 6.88. The maximum absolute atomic E-state index is 13.4. The minimum absolute atomic E-state index is 0.109. The zero-order valence-corrected chi connectivity index (χ0v) is 20.6. The Morgan fingerprint density at radius 3 is 2.20 bits per heavy atom. The van der Waals surface area contributed by atoms with Crippen LogP contribution in [0.15, 0.2) is 65.5 Å². The molecule has 1 heterocycles. The Balaban J connectivity index is 1.79. The number of hydrogen-bond donors (Lipinski definition) is 1. The Morgan fingerprint density at radius 2 is 1.60 bits per heavy atom. The van der Waals surface area contributed by atoms with Crippen LogP contribution in [0.25, 0.3) is 16.6 Å². The molecule has 180 valence electrons. The lowest BCUT2D eigenvalue weighted by Gasteiger charge is -2.17. The lowest BCUT2D eigenvalue weighted by Crippen LogP contribution is -2.27. The van der Waals surface area contributed by atoms with Gasteiger partial charge in [-0.2, -0.15) is 0 Å². The molecule has 0 fully saturated rings. The highest BCUT2D eigenvalue weighted by Gasteiger charge is 2.17. The molecule has 0 bridgehead atoms. The van der Waals surface area contributed by atoms with E-state index in [1.807, 2.05) is 37.3 Å². The normalized spacial score (nSPS) is 10.7. The van der Waals surface area contributed by atoms with Gasteiger partial charge in [-0.05, 0) is 43.4 Å². The first-order valence-electron chi connectivity index (χ1n) is 10.8. The van der Waals surface area contributed by atoms with Crippen LogP contribution in [0.4, 0.5) is 5.69 Å². The first-order valence-corrected chi connectivity index (χ1v) is 11.2. The number of carbonyl (C=O) groups excluding carboxylic acids is 1. The maximum atomic E-state index is 13.4. The summed E-state index contributed by atoms with van der Waals surface area (Å²) in [5.74, 6) is 0.914. The SMILES string of the molecule is COc1cc(NC(=O)Cn2c(=S)n(-c3ccccc3)c(=O)c3cc(C)ccc32)cc(OC)c1OC. The van der Waals surface area contributed by atoms with Gasteiger partial charge in [0.15, 0.2) is 16.3 Å². The Labute approximate surface area is 207 Å². The average molecular weight is 492 g/mol. The van der Waals surface area contributed by atoms with Crippen molar-refractivity contribution < 1.29 is 19.0 Å². The van der Waals surface area contributed by atoms with Gasteiger partial charge in [0.2, 0.25) is 11.7 Å². The van der Waals surface area contributed by atoms with Gasteiger partial charge in [-0.25, -0.2) is 0 Å². The summed E-state index contributed by atoms with van der Waals surface area (Å²) < 4.78 is 19.4. The van der Waals surface area contributed by atoms with Crippen LogP contribution < -0.4 is 25.1 Å². The predicted octanol–water partition coefficient (Wildman–Crippen LogP) is 4.49. The number of amides is 1. The fraction of sp³-hybridized carbons (Fsp3) is 0.192. The third-order valence-corrected chi connectivity index (χ3v) is 5.97. The highest BCUT2D eigenvalue weighted by atomic mass is 32.1. The molecule has 0 atom stereocenters. The van der Waals surface area contributed by atoms with E-state index < -0.39 is 0 Å². The summed E-state index contributed by atoms with van der Waals surface area (Å²) in [6.07, 6.45) is 0. The minimum atomic E-state index is -0.337. The fourth-order valence-electron chi connectivity index (χ4n) is 3.94. The first-order chi connectivity index (χ1) is 16.9. The summed E-state index contributed by atoms with van der Waals surface area (Å²) in [6, 6.07) is 17.9. The number of methoxy groups -OCH3 is 3. The number of para-hydroxylation sites is 1. The summed E-state index contributed by atoms with van der Waals surface area (Å²) in [4.78, 5) is 26.5. The number of carbonyl (C=O) groups is 1. The van der Waals surface area contributed by atoms with Crippen LogP contribution in [0.5, 0.6) is 17.2 Å². The molecule has 1 aromatic heterocycles. The van der Waals surface area contributed by atoms with Gasteiger partial charge < -0.3 is 24.1 Å². The topological polar surface area (TPSA) is 83.7 Å². The summed E-state index contributed by atoms with van der Waals surface area (Å²) in [5.41, 5.74) is 2.37. The van der Waals surface area contributed by atoms with Crippen molar-refractivity contribution in [3.05, 3.63) is 81.4 Å². The Bertz CT molecular complexity index is 1500. The summed E-state index contributed by atoms with van der Waals surface area (Å²) in [7, 11) is 4.52. The van der Waals surface area contributed by atoms with E-state index in [9.17, 15) is 9.59 Å². The molecular weight excluding hydrogens is 466 g/mol. The van der Waals surface area contributed by atoms with Crippen molar-refractivity contribution >= 4 is 34.7 Å². The van der Waals surface area contributed by atoms with Crippen molar-refractivity contribution in [1.82, 2.24) is 9.13 Å². The lowest BCUT2D eigenvalue weighted by atomic mass is 10.1. The quantitative estimate of drug-likeness (QED) is 0.384. The second kappa shape index (κ2) is 10.0. The van der Waals surface area contributed by atoms with Crippen LogP contribution in [0, 0.1) is 11.7 Å². The molecule has 9 heteroatoms. The van der Waals surface area contributed by atoms with Gasteiger partial charge in [-0.3, -0.25) is 14.2 Å².